The van der Waals surface area contributed by atoms with Crippen molar-refractivity contribution in [2.75, 3.05) is 33.5 Å². The summed E-state index contributed by atoms with van der Waals surface area (Å²) >= 11 is 0. The molecule has 0 saturated carbocycles. The van der Waals surface area contributed by atoms with Gasteiger partial charge < -0.3 is 19.3 Å². The van der Waals surface area contributed by atoms with E-state index >= 15 is 0 Å². The van der Waals surface area contributed by atoms with Crippen molar-refractivity contribution in [1.29, 1.82) is 0 Å². The molecule has 0 atom stereocenters. The van der Waals surface area contributed by atoms with Gasteiger partial charge in [0.1, 0.15) is 5.75 Å². The predicted molar refractivity (Wildman–Crippen MR) is 71.8 cm³/mol. The molecule has 0 aliphatic heterocycles. The Bertz CT molecular complexity index is 423. The van der Waals surface area contributed by atoms with Crippen molar-refractivity contribution in [3.8, 4) is 5.75 Å². The van der Waals surface area contributed by atoms with E-state index in [1.54, 1.807) is 7.11 Å². The van der Waals surface area contributed by atoms with Gasteiger partial charge in [0.15, 0.2) is 0 Å². The number of nitrogens with zero attached hydrogens (tertiary/aromatic N) is 1. The van der Waals surface area contributed by atoms with Crippen molar-refractivity contribution in [3.63, 3.8) is 0 Å². The van der Waals surface area contributed by atoms with Gasteiger partial charge in [-0.15, -0.1) is 0 Å². The lowest BCUT2D eigenvalue weighted by Crippen LogP contribution is -2.07. The average molecular weight is 285 g/mol. The van der Waals surface area contributed by atoms with Gasteiger partial charge in [-0.1, -0.05) is 0 Å². The zero-order chi connectivity index (χ0) is 14.8. The van der Waals surface area contributed by atoms with Gasteiger partial charge in [0.25, 0.3) is 5.69 Å². The van der Waals surface area contributed by atoms with Gasteiger partial charge in [0.05, 0.1) is 31.4 Å². The number of rotatable bonds is 10. The molecular formula is C13H19NO6. The number of non-ortho nitro benzene ring substituents is 1. The van der Waals surface area contributed by atoms with Crippen LogP contribution in [0.1, 0.15) is 12.0 Å². The molecule has 0 spiro atoms. The highest BCUT2D eigenvalue weighted by molar-refractivity contribution is 5.43. The molecule has 0 aliphatic rings. The first-order valence-corrected chi connectivity index (χ1v) is 6.26. The van der Waals surface area contributed by atoms with Crippen molar-refractivity contribution in [2.24, 2.45) is 0 Å². The average Bonchev–Trinajstić information content (AvgIpc) is 2.46. The van der Waals surface area contributed by atoms with Crippen molar-refractivity contribution in [3.05, 3.63) is 33.9 Å². The summed E-state index contributed by atoms with van der Waals surface area (Å²) in [6, 6.07) is 4.16. The minimum atomic E-state index is -0.507. The molecule has 0 radical (unpaired) electrons. The molecule has 0 bridgehead atoms. The molecule has 0 unspecified atom stereocenters. The third-order valence-electron chi connectivity index (χ3n) is 2.55. The highest BCUT2D eigenvalue weighted by atomic mass is 16.6. The van der Waals surface area contributed by atoms with Crippen molar-refractivity contribution < 1.29 is 24.2 Å². The summed E-state index contributed by atoms with van der Waals surface area (Å²) in [5, 5.41) is 19.8. The molecule has 0 amide bonds. The van der Waals surface area contributed by atoms with Crippen molar-refractivity contribution in [1.82, 2.24) is 0 Å². The zero-order valence-electron chi connectivity index (χ0n) is 11.4. The van der Waals surface area contributed by atoms with Crippen LogP contribution in [0.5, 0.6) is 5.75 Å². The van der Waals surface area contributed by atoms with Gasteiger partial charge in [0.2, 0.25) is 0 Å². The van der Waals surface area contributed by atoms with Crippen molar-refractivity contribution >= 4 is 5.69 Å². The maximum absolute atomic E-state index is 10.6. The van der Waals surface area contributed by atoms with E-state index in [4.69, 9.17) is 14.2 Å². The SMILES string of the molecule is COCCOCCCOc1ccc([N+](=O)[O-])cc1CO. The van der Waals surface area contributed by atoms with E-state index in [0.29, 0.717) is 44.2 Å². The number of benzene rings is 1. The monoisotopic (exact) mass is 285 g/mol. The summed E-state index contributed by atoms with van der Waals surface area (Å²) in [6.07, 6.45) is 0.686. The van der Waals surface area contributed by atoms with Gasteiger partial charge in [-0.25, -0.2) is 0 Å². The molecule has 20 heavy (non-hydrogen) atoms. The minimum absolute atomic E-state index is 0.0655. The van der Waals surface area contributed by atoms with Crippen LogP contribution in [0, 0.1) is 10.1 Å². The van der Waals surface area contributed by atoms with Crippen LogP contribution in [0.2, 0.25) is 0 Å². The largest absolute Gasteiger partial charge is 0.493 e. The smallest absolute Gasteiger partial charge is 0.270 e. The van der Waals surface area contributed by atoms with Crippen LogP contribution in [0.4, 0.5) is 5.69 Å². The van der Waals surface area contributed by atoms with E-state index in [9.17, 15) is 15.2 Å². The van der Waals surface area contributed by atoms with Crippen LogP contribution in [-0.4, -0.2) is 43.6 Å². The number of hydrogen-bond donors (Lipinski definition) is 1. The highest BCUT2D eigenvalue weighted by Gasteiger charge is 2.10. The fourth-order valence-corrected chi connectivity index (χ4v) is 1.53. The standard InChI is InChI=1S/C13H19NO6/c1-18-7-8-19-5-2-6-20-13-4-3-12(14(16)17)9-11(13)10-15/h3-4,9,15H,2,5-8,10H2,1H3. The summed E-state index contributed by atoms with van der Waals surface area (Å²) < 4.78 is 15.6. The van der Waals surface area contributed by atoms with Crippen LogP contribution < -0.4 is 4.74 Å². The number of nitro benzene ring substituents is 1. The molecule has 1 aromatic rings. The number of ether oxygens (including phenoxy) is 3. The summed E-state index contributed by atoms with van der Waals surface area (Å²) in [5.74, 6) is 0.454. The van der Waals surface area contributed by atoms with Crippen LogP contribution in [0.3, 0.4) is 0 Å². The van der Waals surface area contributed by atoms with E-state index < -0.39 is 4.92 Å². The molecule has 0 aliphatic carbocycles. The maximum atomic E-state index is 10.6. The quantitative estimate of drug-likeness (QED) is 0.398. The summed E-state index contributed by atoms with van der Waals surface area (Å²) in [6.45, 7) is 1.75. The lowest BCUT2D eigenvalue weighted by molar-refractivity contribution is -0.385. The van der Waals surface area contributed by atoms with E-state index in [-0.39, 0.29) is 12.3 Å². The molecule has 0 aromatic heterocycles. The first-order valence-electron chi connectivity index (χ1n) is 6.26. The Hall–Kier alpha value is -1.70. The zero-order valence-corrected chi connectivity index (χ0v) is 11.4. The second-order valence-electron chi connectivity index (χ2n) is 4.01. The van der Waals surface area contributed by atoms with Gasteiger partial charge >= 0.3 is 0 Å². The number of aliphatic hydroxyl groups is 1. The number of aliphatic hydroxyl groups excluding tert-OH is 1. The molecule has 0 saturated heterocycles. The Morgan fingerprint density at radius 2 is 2.05 bits per heavy atom. The van der Waals surface area contributed by atoms with E-state index in [0.717, 1.165) is 0 Å². The fraction of sp³-hybridized carbons (Fsp3) is 0.538. The first-order chi connectivity index (χ1) is 9.69. The van der Waals surface area contributed by atoms with Crippen LogP contribution in [-0.2, 0) is 16.1 Å². The lowest BCUT2D eigenvalue weighted by Gasteiger charge is -2.10. The molecule has 1 N–H and O–H groups in total. The Morgan fingerprint density at radius 1 is 1.25 bits per heavy atom. The van der Waals surface area contributed by atoms with Crippen LogP contribution in [0.25, 0.3) is 0 Å². The molecule has 1 aromatic carbocycles. The van der Waals surface area contributed by atoms with E-state index in [1.807, 2.05) is 0 Å². The fourth-order valence-electron chi connectivity index (χ4n) is 1.53. The van der Waals surface area contributed by atoms with Gasteiger partial charge in [0, 0.05) is 37.8 Å². The second-order valence-corrected chi connectivity index (χ2v) is 4.01. The van der Waals surface area contributed by atoms with Crippen molar-refractivity contribution in [2.45, 2.75) is 13.0 Å². The summed E-state index contributed by atoms with van der Waals surface area (Å²) in [5.41, 5.74) is 0.337. The highest BCUT2D eigenvalue weighted by Crippen LogP contribution is 2.24. The topological polar surface area (TPSA) is 91.1 Å². The Morgan fingerprint density at radius 3 is 2.70 bits per heavy atom. The third-order valence-corrected chi connectivity index (χ3v) is 2.55. The molecule has 1 rings (SSSR count). The molecule has 0 fully saturated rings. The number of methoxy groups -OCH3 is 1. The summed E-state index contributed by atoms with van der Waals surface area (Å²) in [4.78, 5) is 10.1. The van der Waals surface area contributed by atoms with Crippen LogP contribution >= 0.6 is 0 Å². The normalized spacial score (nSPS) is 10.5. The van der Waals surface area contributed by atoms with Gasteiger partial charge in [-0.2, -0.15) is 0 Å². The van der Waals surface area contributed by atoms with E-state index in [2.05, 4.69) is 0 Å². The Balaban J connectivity index is 2.38. The maximum Gasteiger partial charge on any atom is 0.270 e. The first kappa shape index (κ1) is 16.4. The predicted octanol–water partition coefficient (Wildman–Crippen LogP) is 1.52. The molecule has 0 heterocycles. The molecule has 7 nitrogen and oxygen atoms in total. The minimum Gasteiger partial charge on any atom is -0.493 e. The third kappa shape index (κ3) is 5.52. The lowest BCUT2D eigenvalue weighted by atomic mass is 10.2. The van der Waals surface area contributed by atoms with Gasteiger partial charge in [-0.05, 0) is 6.07 Å². The number of nitro groups is 1. The Kier molecular flexibility index (Phi) is 7.56. The van der Waals surface area contributed by atoms with Crippen LogP contribution in [0.15, 0.2) is 18.2 Å². The summed E-state index contributed by atoms with van der Waals surface area (Å²) in [7, 11) is 1.61. The molecule has 112 valence electrons. The Labute approximate surface area is 117 Å². The van der Waals surface area contributed by atoms with Gasteiger partial charge in [-0.3, -0.25) is 10.1 Å². The number of hydrogen-bond acceptors (Lipinski definition) is 6. The second kappa shape index (κ2) is 9.24. The molecular weight excluding hydrogens is 266 g/mol. The van der Waals surface area contributed by atoms with E-state index in [1.165, 1.54) is 18.2 Å². The molecule has 7 heteroatoms.